The van der Waals surface area contributed by atoms with Gasteiger partial charge in [0.15, 0.2) is 0 Å². The number of nitrogens with zero attached hydrogens (tertiary/aromatic N) is 3. The van der Waals surface area contributed by atoms with Crippen molar-refractivity contribution in [3.8, 4) is 0 Å². The van der Waals surface area contributed by atoms with Gasteiger partial charge in [-0.05, 0) is 23.8 Å². The molecule has 0 saturated carbocycles. The topological polar surface area (TPSA) is 80.4 Å². The molecule has 1 aromatic heterocycles. The van der Waals surface area contributed by atoms with Crippen LogP contribution >= 0.6 is 0 Å². The van der Waals surface area contributed by atoms with Crippen LogP contribution in [0.4, 0.5) is 24.5 Å². The molecule has 0 bridgehead atoms. The van der Waals surface area contributed by atoms with E-state index in [2.05, 4.69) is 15.5 Å². The van der Waals surface area contributed by atoms with Crippen molar-refractivity contribution in [1.82, 2.24) is 4.98 Å². The van der Waals surface area contributed by atoms with Crippen molar-refractivity contribution in [2.24, 2.45) is 5.10 Å². The number of nitro benzene ring substituents is 1. The Labute approximate surface area is 122 Å². The van der Waals surface area contributed by atoms with Gasteiger partial charge in [-0.25, -0.2) is 0 Å². The Hall–Kier alpha value is -2.97. The van der Waals surface area contributed by atoms with E-state index in [1.165, 1.54) is 18.6 Å². The van der Waals surface area contributed by atoms with Gasteiger partial charge in [-0.1, -0.05) is 0 Å². The van der Waals surface area contributed by atoms with Crippen LogP contribution in [-0.4, -0.2) is 16.1 Å². The minimum atomic E-state index is -4.74. The van der Waals surface area contributed by atoms with Gasteiger partial charge in [-0.15, -0.1) is 0 Å². The van der Waals surface area contributed by atoms with Crippen molar-refractivity contribution in [3.63, 3.8) is 0 Å². The summed E-state index contributed by atoms with van der Waals surface area (Å²) >= 11 is 0. The number of halogens is 3. The molecule has 0 aliphatic heterocycles. The van der Waals surface area contributed by atoms with Crippen molar-refractivity contribution in [3.05, 3.63) is 64.0 Å². The fourth-order valence-electron chi connectivity index (χ4n) is 1.60. The number of benzene rings is 1. The molecule has 1 N–H and O–H groups in total. The largest absolute Gasteiger partial charge is 0.418 e. The SMILES string of the molecule is O=[N+]([O-])c1ccc(NN=Cc2ccncc2)c(C(F)(F)F)c1. The predicted octanol–water partition coefficient (Wildman–Crippen LogP) is 3.45. The van der Waals surface area contributed by atoms with E-state index in [4.69, 9.17) is 0 Å². The molecule has 1 heterocycles. The zero-order valence-corrected chi connectivity index (χ0v) is 10.9. The van der Waals surface area contributed by atoms with Crippen molar-refractivity contribution in [2.75, 3.05) is 5.43 Å². The van der Waals surface area contributed by atoms with Crippen molar-refractivity contribution in [2.45, 2.75) is 6.18 Å². The summed E-state index contributed by atoms with van der Waals surface area (Å²) in [6.07, 6.45) is -0.410. The third-order valence-electron chi connectivity index (χ3n) is 2.62. The maximum atomic E-state index is 12.9. The fourth-order valence-corrected chi connectivity index (χ4v) is 1.60. The molecule has 0 atom stereocenters. The van der Waals surface area contributed by atoms with Gasteiger partial charge in [-0.3, -0.25) is 20.5 Å². The van der Waals surface area contributed by atoms with E-state index in [1.807, 2.05) is 0 Å². The lowest BCUT2D eigenvalue weighted by Crippen LogP contribution is -2.09. The molecular formula is C13H9F3N4O2. The van der Waals surface area contributed by atoms with Gasteiger partial charge >= 0.3 is 6.18 Å². The average Bonchev–Trinajstić information content (AvgIpc) is 2.47. The summed E-state index contributed by atoms with van der Waals surface area (Å²) in [5.41, 5.74) is 0.705. The molecule has 6 nitrogen and oxygen atoms in total. The number of hydrogen-bond donors (Lipinski definition) is 1. The second kappa shape index (κ2) is 6.20. The van der Waals surface area contributed by atoms with Crippen molar-refractivity contribution < 1.29 is 18.1 Å². The first-order valence-corrected chi connectivity index (χ1v) is 5.92. The summed E-state index contributed by atoms with van der Waals surface area (Å²) in [7, 11) is 0. The molecule has 0 aliphatic rings. The minimum Gasteiger partial charge on any atom is -0.278 e. The molecule has 2 aromatic rings. The van der Waals surface area contributed by atoms with Gasteiger partial charge in [-0.2, -0.15) is 18.3 Å². The number of aromatic nitrogens is 1. The average molecular weight is 310 g/mol. The highest BCUT2D eigenvalue weighted by Gasteiger charge is 2.35. The van der Waals surface area contributed by atoms with Gasteiger partial charge in [0.1, 0.15) is 0 Å². The van der Waals surface area contributed by atoms with Crippen molar-refractivity contribution >= 4 is 17.6 Å². The van der Waals surface area contributed by atoms with Crippen LogP contribution in [0.3, 0.4) is 0 Å². The molecule has 0 amide bonds. The molecule has 2 rings (SSSR count). The first-order chi connectivity index (χ1) is 10.4. The minimum absolute atomic E-state index is 0.372. The summed E-state index contributed by atoms with van der Waals surface area (Å²) in [6, 6.07) is 5.63. The number of pyridine rings is 1. The number of non-ortho nitro benzene ring substituents is 1. The van der Waals surface area contributed by atoms with Gasteiger partial charge < -0.3 is 0 Å². The molecule has 0 spiro atoms. The molecule has 0 unspecified atom stereocenters. The van der Waals surface area contributed by atoms with Crippen LogP contribution < -0.4 is 5.43 Å². The number of hydrazone groups is 1. The number of nitro groups is 1. The Bertz CT molecular complexity index is 702. The second-order valence-corrected chi connectivity index (χ2v) is 4.14. The standard InChI is InChI=1S/C13H9F3N4O2/c14-13(15,16)11-7-10(20(21)22)1-2-12(11)19-18-8-9-3-5-17-6-4-9/h1-8,19H. The van der Waals surface area contributed by atoms with Crippen LogP contribution in [0.1, 0.15) is 11.1 Å². The molecule has 9 heteroatoms. The maximum absolute atomic E-state index is 12.9. The highest BCUT2D eigenvalue weighted by Crippen LogP contribution is 2.37. The van der Waals surface area contributed by atoms with E-state index in [9.17, 15) is 23.3 Å². The summed E-state index contributed by atoms with van der Waals surface area (Å²) in [6.45, 7) is 0. The number of nitrogens with one attached hydrogen (secondary N) is 1. The Morgan fingerprint density at radius 2 is 1.91 bits per heavy atom. The van der Waals surface area contributed by atoms with Crippen LogP contribution in [0.25, 0.3) is 0 Å². The summed E-state index contributed by atoms with van der Waals surface area (Å²) in [4.78, 5) is 13.5. The number of alkyl halides is 3. The van der Waals surface area contributed by atoms with E-state index >= 15 is 0 Å². The molecule has 0 radical (unpaired) electrons. The number of anilines is 1. The molecule has 0 fully saturated rings. The first kappa shape index (κ1) is 15.4. The van der Waals surface area contributed by atoms with E-state index in [0.29, 0.717) is 11.6 Å². The predicted molar refractivity (Wildman–Crippen MR) is 73.6 cm³/mol. The van der Waals surface area contributed by atoms with Crippen LogP contribution in [0, 0.1) is 10.1 Å². The van der Waals surface area contributed by atoms with Crippen LogP contribution in [0.15, 0.2) is 47.8 Å². The Balaban J connectivity index is 2.27. The lowest BCUT2D eigenvalue weighted by molar-refractivity contribution is -0.385. The van der Waals surface area contributed by atoms with E-state index in [1.54, 1.807) is 12.1 Å². The fraction of sp³-hybridized carbons (Fsp3) is 0.0769. The van der Waals surface area contributed by atoms with Crippen LogP contribution in [-0.2, 0) is 6.18 Å². The molecule has 114 valence electrons. The molecular weight excluding hydrogens is 301 g/mol. The monoisotopic (exact) mass is 310 g/mol. The molecule has 0 aliphatic carbocycles. The van der Waals surface area contributed by atoms with E-state index < -0.39 is 22.4 Å². The molecule has 22 heavy (non-hydrogen) atoms. The number of rotatable bonds is 4. The van der Waals surface area contributed by atoms with Crippen LogP contribution in [0.5, 0.6) is 0 Å². The zero-order chi connectivity index (χ0) is 16.2. The summed E-state index contributed by atoms with van der Waals surface area (Å²) in [5.74, 6) is 0. The summed E-state index contributed by atoms with van der Waals surface area (Å²) in [5, 5.41) is 14.3. The Morgan fingerprint density at radius 3 is 2.50 bits per heavy atom. The van der Waals surface area contributed by atoms with Gasteiger partial charge in [0, 0.05) is 24.5 Å². The van der Waals surface area contributed by atoms with Gasteiger partial charge in [0.05, 0.1) is 22.4 Å². The first-order valence-electron chi connectivity index (χ1n) is 5.92. The Morgan fingerprint density at radius 1 is 1.23 bits per heavy atom. The molecule has 1 aromatic carbocycles. The van der Waals surface area contributed by atoms with E-state index in [0.717, 1.165) is 12.1 Å². The third-order valence-corrected chi connectivity index (χ3v) is 2.62. The zero-order valence-electron chi connectivity index (χ0n) is 10.9. The highest BCUT2D eigenvalue weighted by atomic mass is 19.4. The normalized spacial score (nSPS) is 11.6. The quantitative estimate of drug-likeness (QED) is 0.533. The van der Waals surface area contributed by atoms with Gasteiger partial charge in [0.2, 0.25) is 0 Å². The third kappa shape index (κ3) is 3.78. The Kier molecular flexibility index (Phi) is 4.35. The highest BCUT2D eigenvalue weighted by molar-refractivity contribution is 5.80. The van der Waals surface area contributed by atoms with Crippen molar-refractivity contribution in [1.29, 1.82) is 0 Å². The smallest absolute Gasteiger partial charge is 0.278 e. The lowest BCUT2D eigenvalue weighted by Gasteiger charge is -2.11. The van der Waals surface area contributed by atoms with Gasteiger partial charge in [0.25, 0.3) is 5.69 Å². The van der Waals surface area contributed by atoms with Crippen LogP contribution in [0.2, 0.25) is 0 Å². The lowest BCUT2D eigenvalue weighted by atomic mass is 10.1. The summed E-state index contributed by atoms with van der Waals surface area (Å²) < 4.78 is 38.8. The number of hydrogen-bond acceptors (Lipinski definition) is 5. The molecule has 0 saturated heterocycles. The second-order valence-electron chi connectivity index (χ2n) is 4.14. The maximum Gasteiger partial charge on any atom is 0.418 e. The van der Waals surface area contributed by atoms with E-state index in [-0.39, 0.29) is 5.69 Å².